The van der Waals surface area contributed by atoms with E-state index < -0.39 is 0 Å². The molecule has 3 aromatic rings. The van der Waals surface area contributed by atoms with Gasteiger partial charge >= 0.3 is 0 Å². The molecule has 0 saturated carbocycles. The minimum atomic E-state index is -0.0584. The van der Waals surface area contributed by atoms with Crippen LogP contribution in [0.15, 0.2) is 72.8 Å². The number of methoxy groups -OCH3 is 1. The van der Waals surface area contributed by atoms with Gasteiger partial charge < -0.3 is 15.4 Å². The lowest BCUT2D eigenvalue weighted by atomic mass is 9.98. The fourth-order valence-electron chi connectivity index (χ4n) is 3.24. The van der Waals surface area contributed by atoms with Crippen LogP contribution in [0.1, 0.15) is 28.3 Å². The summed E-state index contributed by atoms with van der Waals surface area (Å²) in [5.74, 6) is 0.606. The second-order valence-corrected chi connectivity index (χ2v) is 6.99. The number of amides is 1. The molecule has 144 valence electrons. The molecule has 0 aliphatic heterocycles. The quantitative estimate of drug-likeness (QED) is 0.663. The first-order valence-electron chi connectivity index (χ1n) is 9.46. The smallest absolute Gasteiger partial charge is 0.279 e. The van der Waals surface area contributed by atoms with Crippen molar-refractivity contribution in [2.45, 2.75) is 19.9 Å². The zero-order valence-corrected chi connectivity index (χ0v) is 16.6. The molecular weight excluding hydrogens is 348 g/mol. The second-order valence-electron chi connectivity index (χ2n) is 6.99. The molecule has 0 aliphatic carbocycles. The van der Waals surface area contributed by atoms with E-state index in [-0.39, 0.29) is 11.9 Å². The first-order valence-corrected chi connectivity index (χ1v) is 9.46. The predicted octanol–water partition coefficient (Wildman–Crippen LogP) is 3.60. The molecule has 0 aliphatic rings. The normalized spacial score (nSPS) is 11.7. The number of benzene rings is 3. The van der Waals surface area contributed by atoms with Gasteiger partial charge in [0.25, 0.3) is 5.91 Å². The summed E-state index contributed by atoms with van der Waals surface area (Å²) in [6.07, 6.45) is 0. The Morgan fingerprint density at radius 1 is 0.929 bits per heavy atom. The highest BCUT2D eigenvalue weighted by Crippen LogP contribution is 2.25. The number of rotatable bonds is 7. The minimum absolute atomic E-state index is 0.0584. The molecule has 28 heavy (non-hydrogen) atoms. The van der Waals surface area contributed by atoms with E-state index in [0.29, 0.717) is 18.0 Å². The van der Waals surface area contributed by atoms with Gasteiger partial charge in [-0.05, 0) is 31.5 Å². The molecule has 0 radical (unpaired) electrons. The number of hydrogen-bond acceptors (Lipinski definition) is 2. The van der Waals surface area contributed by atoms with Gasteiger partial charge in [0.15, 0.2) is 6.54 Å². The molecule has 3 N–H and O–H groups in total. The number of anilines is 1. The summed E-state index contributed by atoms with van der Waals surface area (Å²) in [5, 5.41) is 5.04. The summed E-state index contributed by atoms with van der Waals surface area (Å²) >= 11 is 0. The molecule has 3 aromatic carbocycles. The van der Waals surface area contributed by atoms with E-state index in [1.54, 1.807) is 7.11 Å². The maximum atomic E-state index is 12.6. The van der Waals surface area contributed by atoms with Crippen LogP contribution in [0.4, 0.5) is 5.69 Å². The average Bonchev–Trinajstić information content (AvgIpc) is 2.70. The van der Waals surface area contributed by atoms with Gasteiger partial charge in [0.1, 0.15) is 11.8 Å². The average molecular weight is 375 g/mol. The summed E-state index contributed by atoms with van der Waals surface area (Å²) in [5.41, 5.74) is 5.35. The van der Waals surface area contributed by atoms with Crippen molar-refractivity contribution in [2.75, 3.05) is 19.0 Å². The molecule has 3 rings (SSSR count). The standard InChI is InChI=1S/C24H26N2O2/c1-17-9-12-20(13-10-17)24(19-7-5-4-6-8-19)25-16-23(27)26-21-15-18(2)11-14-22(21)28-3/h4-15,24-25H,16H2,1-3H3,(H,26,27)/p+1/t24-/m1/s1. The van der Waals surface area contributed by atoms with Crippen LogP contribution in [-0.2, 0) is 4.79 Å². The Hall–Kier alpha value is -3.11. The highest BCUT2D eigenvalue weighted by molar-refractivity contribution is 5.93. The highest BCUT2D eigenvalue weighted by atomic mass is 16.5. The van der Waals surface area contributed by atoms with Crippen molar-refractivity contribution in [3.8, 4) is 5.75 Å². The van der Waals surface area contributed by atoms with Crippen molar-refractivity contribution in [2.24, 2.45) is 0 Å². The van der Waals surface area contributed by atoms with E-state index in [2.05, 4.69) is 54.0 Å². The monoisotopic (exact) mass is 375 g/mol. The van der Waals surface area contributed by atoms with Crippen molar-refractivity contribution >= 4 is 11.6 Å². The zero-order chi connectivity index (χ0) is 19.9. The SMILES string of the molecule is COc1ccc(C)cc1NC(=O)C[NH2+][C@H](c1ccccc1)c1ccc(C)cc1. The molecule has 0 bridgehead atoms. The lowest BCUT2D eigenvalue weighted by molar-refractivity contribution is -0.676. The van der Waals surface area contributed by atoms with Crippen molar-refractivity contribution in [1.82, 2.24) is 0 Å². The fourth-order valence-corrected chi connectivity index (χ4v) is 3.24. The Balaban J connectivity index is 1.74. The third kappa shape index (κ3) is 4.99. The van der Waals surface area contributed by atoms with Crippen LogP contribution in [0, 0.1) is 13.8 Å². The van der Waals surface area contributed by atoms with Crippen LogP contribution in [0.25, 0.3) is 0 Å². The van der Waals surface area contributed by atoms with Crippen LogP contribution in [0.5, 0.6) is 5.75 Å². The molecule has 0 aromatic heterocycles. The number of hydrogen-bond donors (Lipinski definition) is 2. The molecule has 1 atom stereocenters. The fraction of sp³-hybridized carbons (Fsp3) is 0.208. The van der Waals surface area contributed by atoms with Crippen LogP contribution in [0.2, 0.25) is 0 Å². The predicted molar refractivity (Wildman–Crippen MR) is 113 cm³/mol. The second kappa shape index (κ2) is 9.20. The van der Waals surface area contributed by atoms with E-state index in [0.717, 1.165) is 5.56 Å². The highest BCUT2D eigenvalue weighted by Gasteiger charge is 2.19. The van der Waals surface area contributed by atoms with Gasteiger partial charge in [0.2, 0.25) is 0 Å². The van der Waals surface area contributed by atoms with Crippen LogP contribution < -0.4 is 15.4 Å². The molecule has 4 nitrogen and oxygen atoms in total. The van der Waals surface area contributed by atoms with Gasteiger partial charge in [0.05, 0.1) is 12.8 Å². The molecule has 0 unspecified atom stereocenters. The Labute approximate surface area is 166 Å². The van der Waals surface area contributed by atoms with Gasteiger partial charge in [-0.3, -0.25) is 4.79 Å². The molecular formula is C24H27N2O2+. The topological polar surface area (TPSA) is 54.9 Å². The maximum absolute atomic E-state index is 12.6. The third-order valence-corrected chi connectivity index (χ3v) is 4.76. The lowest BCUT2D eigenvalue weighted by Crippen LogP contribution is -2.87. The molecule has 0 heterocycles. The minimum Gasteiger partial charge on any atom is -0.495 e. The first kappa shape index (κ1) is 19.6. The Bertz CT molecular complexity index is 921. The number of ether oxygens (including phenoxy) is 1. The number of quaternary nitrogens is 1. The van der Waals surface area contributed by atoms with E-state index >= 15 is 0 Å². The molecule has 0 spiro atoms. The summed E-state index contributed by atoms with van der Waals surface area (Å²) < 4.78 is 5.35. The van der Waals surface area contributed by atoms with E-state index in [1.165, 1.54) is 16.7 Å². The lowest BCUT2D eigenvalue weighted by Gasteiger charge is -2.17. The zero-order valence-electron chi connectivity index (χ0n) is 16.6. The number of nitrogens with one attached hydrogen (secondary N) is 1. The van der Waals surface area contributed by atoms with Crippen LogP contribution in [-0.4, -0.2) is 19.6 Å². The van der Waals surface area contributed by atoms with Gasteiger partial charge in [0, 0.05) is 11.1 Å². The van der Waals surface area contributed by atoms with Crippen molar-refractivity contribution in [3.05, 3.63) is 95.1 Å². The molecule has 0 fully saturated rings. The number of carbonyl (C=O) groups is 1. The third-order valence-electron chi connectivity index (χ3n) is 4.76. The molecule has 0 saturated heterocycles. The Morgan fingerprint density at radius 2 is 1.57 bits per heavy atom. The van der Waals surface area contributed by atoms with E-state index in [9.17, 15) is 4.79 Å². The summed E-state index contributed by atoms with van der Waals surface area (Å²) in [4.78, 5) is 12.6. The molecule has 1 amide bonds. The number of carbonyl (C=O) groups excluding carboxylic acids is 1. The summed E-state index contributed by atoms with van der Waals surface area (Å²) in [7, 11) is 1.61. The Kier molecular flexibility index (Phi) is 6.45. The molecule has 4 heteroatoms. The van der Waals surface area contributed by atoms with E-state index in [1.807, 2.05) is 43.3 Å². The summed E-state index contributed by atoms with van der Waals surface area (Å²) in [6, 6.07) is 24.6. The number of nitrogens with two attached hydrogens (primary N) is 1. The largest absolute Gasteiger partial charge is 0.495 e. The van der Waals surface area contributed by atoms with E-state index in [4.69, 9.17) is 4.74 Å². The van der Waals surface area contributed by atoms with Gasteiger partial charge in [-0.1, -0.05) is 66.2 Å². The van der Waals surface area contributed by atoms with Gasteiger partial charge in [-0.25, -0.2) is 0 Å². The van der Waals surface area contributed by atoms with Gasteiger partial charge in [-0.2, -0.15) is 0 Å². The van der Waals surface area contributed by atoms with Crippen molar-refractivity contribution in [1.29, 1.82) is 0 Å². The Morgan fingerprint density at radius 3 is 2.25 bits per heavy atom. The number of aryl methyl sites for hydroxylation is 2. The van der Waals surface area contributed by atoms with Crippen LogP contribution in [0.3, 0.4) is 0 Å². The summed E-state index contributed by atoms with van der Waals surface area (Å²) in [6.45, 7) is 4.38. The first-order chi connectivity index (χ1) is 13.6. The maximum Gasteiger partial charge on any atom is 0.279 e. The van der Waals surface area contributed by atoms with Crippen LogP contribution >= 0.6 is 0 Å². The van der Waals surface area contributed by atoms with Crippen molar-refractivity contribution < 1.29 is 14.8 Å². The van der Waals surface area contributed by atoms with Gasteiger partial charge in [-0.15, -0.1) is 0 Å². The van der Waals surface area contributed by atoms with Crippen molar-refractivity contribution in [3.63, 3.8) is 0 Å².